The lowest BCUT2D eigenvalue weighted by Gasteiger charge is -2.26. The first kappa shape index (κ1) is 14.2. The van der Waals surface area contributed by atoms with Crippen LogP contribution in [-0.4, -0.2) is 51.8 Å². The molecular weight excluding hydrogens is 269 g/mol. The van der Waals surface area contributed by atoms with Gasteiger partial charge in [0.2, 0.25) is 10.0 Å². The van der Waals surface area contributed by atoms with E-state index in [1.54, 1.807) is 0 Å². The SMILES string of the molecule is O=S(=O)(CCN1CCNCC1)Nc1ccc(F)cc1. The molecule has 1 aliphatic heterocycles. The van der Waals surface area contributed by atoms with E-state index in [4.69, 9.17) is 0 Å². The smallest absolute Gasteiger partial charge is 0.233 e. The molecule has 2 N–H and O–H groups in total. The number of benzene rings is 1. The van der Waals surface area contributed by atoms with Gasteiger partial charge in [-0.2, -0.15) is 0 Å². The second-order valence-electron chi connectivity index (χ2n) is 4.52. The quantitative estimate of drug-likeness (QED) is 0.826. The fourth-order valence-electron chi connectivity index (χ4n) is 1.93. The zero-order valence-corrected chi connectivity index (χ0v) is 11.4. The van der Waals surface area contributed by atoms with Crippen LogP contribution in [0.2, 0.25) is 0 Å². The Hall–Kier alpha value is -1.18. The Balaban J connectivity index is 1.85. The van der Waals surface area contributed by atoms with E-state index in [0.29, 0.717) is 12.2 Å². The fourth-order valence-corrected chi connectivity index (χ4v) is 3.03. The Morgan fingerprint density at radius 1 is 1.21 bits per heavy atom. The van der Waals surface area contributed by atoms with Crippen LogP contribution in [0.25, 0.3) is 0 Å². The fraction of sp³-hybridized carbons (Fsp3) is 0.500. The van der Waals surface area contributed by atoms with E-state index in [1.165, 1.54) is 24.3 Å². The molecule has 1 heterocycles. The summed E-state index contributed by atoms with van der Waals surface area (Å²) in [7, 11) is -3.38. The van der Waals surface area contributed by atoms with E-state index in [1.807, 2.05) is 0 Å². The second-order valence-corrected chi connectivity index (χ2v) is 6.36. The average molecular weight is 287 g/mol. The molecule has 0 amide bonds. The number of anilines is 1. The first-order chi connectivity index (χ1) is 9.05. The van der Waals surface area contributed by atoms with Gasteiger partial charge in [0.1, 0.15) is 5.82 Å². The first-order valence-electron chi connectivity index (χ1n) is 6.24. The van der Waals surface area contributed by atoms with Crippen LogP contribution in [0.15, 0.2) is 24.3 Å². The molecule has 0 unspecified atom stereocenters. The van der Waals surface area contributed by atoms with Gasteiger partial charge in [0, 0.05) is 38.4 Å². The molecule has 0 saturated carbocycles. The summed E-state index contributed by atoms with van der Waals surface area (Å²) in [6.45, 7) is 4.03. The van der Waals surface area contributed by atoms with Gasteiger partial charge in [-0.3, -0.25) is 9.62 Å². The lowest BCUT2D eigenvalue weighted by molar-refractivity contribution is 0.254. The summed E-state index contributed by atoms with van der Waals surface area (Å²) in [4.78, 5) is 2.11. The largest absolute Gasteiger partial charge is 0.314 e. The molecule has 1 aromatic carbocycles. The summed E-state index contributed by atoms with van der Waals surface area (Å²) in [6, 6.07) is 5.29. The van der Waals surface area contributed by atoms with Gasteiger partial charge in [-0.1, -0.05) is 0 Å². The third-order valence-corrected chi connectivity index (χ3v) is 4.27. The van der Waals surface area contributed by atoms with E-state index in [0.717, 1.165) is 26.2 Å². The molecular formula is C12H18FN3O2S. The van der Waals surface area contributed by atoms with Gasteiger partial charge in [0.05, 0.1) is 5.75 Å². The van der Waals surface area contributed by atoms with E-state index in [9.17, 15) is 12.8 Å². The Morgan fingerprint density at radius 3 is 2.47 bits per heavy atom. The minimum Gasteiger partial charge on any atom is -0.314 e. The number of nitrogens with zero attached hydrogens (tertiary/aromatic N) is 1. The van der Waals surface area contributed by atoms with Gasteiger partial charge >= 0.3 is 0 Å². The van der Waals surface area contributed by atoms with Crippen LogP contribution in [0.4, 0.5) is 10.1 Å². The number of hydrogen-bond acceptors (Lipinski definition) is 4. The molecule has 0 radical (unpaired) electrons. The number of hydrogen-bond donors (Lipinski definition) is 2. The Bertz CT molecular complexity index is 498. The number of rotatable bonds is 5. The summed E-state index contributed by atoms with van der Waals surface area (Å²) in [5.74, 6) is -0.339. The van der Waals surface area contributed by atoms with Crippen molar-refractivity contribution in [3.05, 3.63) is 30.1 Å². The van der Waals surface area contributed by atoms with Crippen molar-refractivity contribution in [1.82, 2.24) is 10.2 Å². The molecule has 1 aromatic rings. The van der Waals surface area contributed by atoms with Gasteiger partial charge in [-0.05, 0) is 24.3 Å². The topological polar surface area (TPSA) is 61.4 Å². The maximum absolute atomic E-state index is 12.7. The Kier molecular flexibility index (Phi) is 4.73. The van der Waals surface area contributed by atoms with Crippen LogP contribution in [0.1, 0.15) is 0 Å². The monoisotopic (exact) mass is 287 g/mol. The van der Waals surface area contributed by atoms with Crippen molar-refractivity contribution >= 4 is 15.7 Å². The van der Waals surface area contributed by atoms with Crippen LogP contribution in [0.5, 0.6) is 0 Å². The standard InChI is InChI=1S/C12H18FN3O2S/c13-11-1-3-12(4-2-11)15-19(17,18)10-9-16-7-5-14-6-8-16/h1-4,14-15H,5-10H2. The van der Waals surface area contributed by atoms with Crippen molar-refractivity contribution in [2.24, 2.45) is 0 Å². The third kappa shape index (κ3) is 4.77. The van der Waals surface area contributed by atoms with Gasteiger partial charge in [0.25, 0.3) is 0 Å². The zero-order chi connectivity index (χ0) is 13.7. The minimum absolute atomic E-state index is 0.0460. The van der Waals surface area contributed by atoms with Crippen molar-refractivity contribution in [2.45, 2.75) is 0 Å². The van der Waals surface area contributed by atoms with E-state index in [2.05, 4.69) is 14.9 Å². The predicted octanol–water partition coefficient (Wildman–Crippen LogP) is 0.473. The highest BCUT2D eigenvalue weighted by Crippen LogP contribution is 2.10. The second kappa shape index (κ2) is 6.31. The molecule has 0 aliphatic carbocycles. The van der Waals surface area contributed by atoms with E-state index >= 15 is 0 Å². The summed E-state index contributed by atoms with van der Waals surface area (Å²) in [6.07, 6.45) is 0. The van der Waals surface area contributed by atoms with Gasteiger partial charge in [-0.15, -0.1) is 0 Å². The maximum atomic E-state index is 12.7. The van der Waals surface area contributed by atoms with Crippen LogP contribution in [-0.2, 0) is 10.0 Å². The molecule has 1 aliphatic rings. The summed E-state index contributed by atoms with van der Waals surface area (Å²) in [5, 5.41) is 3.21. The summed E-state index contributed by atoms with van der Waals surface area (Å²) < 4.78 is 38.9. The Morgan fingerprint density at radius 2 is 1.84 bits per heavy atom. The van der Waals surface area contributed by atoms with Crippen LogP contribution in [0.3, 0.4) is 0 Å². The van der Waals surface area contributed by atoms with Crippen LogP contribution < -0.4 is 10.0 Å². The summed E-state index contributed by atoms with van der Waals surface area (Å²) >= 11 is 0. The molecule has 0 spiro atoms. The average Bonchev–Trinajstić information content (AvgIpc) is 2.40. The number of piperazine rings is 1. The lowest BCUT2D eigenvalue weighted by Crippen LogP contribution is -2.45. The number of sulfonamides is 1. The number of nitrogens with one attached hydrogen (secondary N) is 2. The molecule has 0 atom stereocenters. The maximum Gasteiger partial charge on any atom is 0.233 e. The Labute approximate surface area is 112 Å². The first-order valence-corrected chi connectivity index (χ1v) is 7.89. The highest BCUT2D eigenvalue weighted by molar-refractivity contribution is 7.92. The summed E-state index contributed by atoms with van der Waals surface area (Å²) in [5.41, 5.74) is 0.390. The molecule has 0 bridgehead atoms. The van der Waals surface area contributed by atoms with Gasteiger partial charge in [-0.25, -0.2) is 12.8 Å². The van der Waals surface area contributed by atoms with Crippen molar-refractivity contribution < 1.29 is 12.8 Å². The predicted molar refractivity (Wildman–Crippen MR) is 73.1 cm³/mol. The molecule has 1 saturated heterocycles. The van der Waals surface area contributed by atoms with E-state index in [-0.39, 0.29) is 11.6 Å². The molecule has 0 aromatic heterocycles. The van der Waals surface area contributed by atoms with Crippen molar-refractivity contribution in [1.29, 1.82) is 0 Å². The highest BCUT2D eigenvalue weighted by atomic mass is 32.2. The minimum atomic E-state index is -3.38. The van der Waals surface area contributed by atoms with Crippen LogP contribution >= 0.6 is 0 Å². The zero-order valence-electron chi connectivity index (χ0n) is 10.6. The van der Waals surface area contributed by atoms with Gasteiger partial charge in [0.15, 0.2) is 0 Å². The lowest BCUT2D eigenvalue weighted by atomic mass is 10.3. The molecule has 106 valence electrons. The number of halogens is 1. The van der Waals surface area contributed by atoms with Crippen molar-refractivity contribution in [3.63, 3.8) is 0 Å². The van der Waals surface area contributed by atoms with E-state index < -0.39 is 10.0 Å². The molecule has 5 nitrogen and oxygen atoms in total. The normalized spacial score (nSPS) is 17.3. The molecule has 1 fully saturated rings. The molecule has 2 rings (SSSR count). The third-order valence-electron chi connectivity index (χ3n) is 3.00. The van der Waals surface area contributed by atoms with Crippen molar-refractivity contribution in [2.75, 3.05) is 43.2 Å². The highest BCUT2D eigenvalue weighted by Gasteiger charge is 2.15. The van der Waals surface area contributed by atoms with Gasteiger partial charge < -0.3 is 5.32 Å². The van der Waals surface area contributed by atoms with Crippen molar-refractivity contribution in [3.8, 4) is 0 Å². The molecule has 19 heavy (non-hydrogen) atoms. The van der Waals surface area contributed by atoms with Crippen LogP contribution in [0, 0.1) is 5.82 Å². The molecule has 7 heteroatoms.